The van der Waals surface area contributed by atoms with Crippen LogP contribution in [0, 0.1) is 0 Å². The van der Waals surface area contributed by atoms with E-state index in [-0.39, 0.29) is 0 Å². The second-order valence-electron chi connectivity index (χ2n) is 8.13. The molecule has 168 valence electrons. The molecular formula is C25H31N5O2. The number of piperidine rings is 1. The van der Waals surface area contributed by atoms with Gasteiger partial charge in [0.15, 0.2) is 11.5 Å². The van der Waals surface area contributed by atoms with Gasteiger partial charge >= 0.3 is 0 Å². The van der Waals surface area contributed by atoms with Gasteiger partial charge in [0.2, 0.25) is 5.95 Å². The monoisotopic (exact) mass is 433 g/mol. The van der Waals surface area contributed by atoms with Gasteiger partial charge in [-0.05, 0) is 54.7 Å². The predicted molar refractivity (Wildman–Crippen MR) is 125 cm³/mol. The van der Waals surface area contributed by atoms with E-state index >= 15 is 0 Å². The number of benzene rings is 1. The van der Waals surface area contributed by atoms with Crippen LogP contribution in [0.3, 0.4) is 0 Å². The summed E-state index contributed by atoms with van der Waals surface area (Å²) >= 11 is 0. The SMILES string of the molecule is COc1ccc(CN(Cc2ccncc2)Cc2cnc(N3CCCCC3)nc2)cc1OC. The van der Waals surface area contributed by atoms with E-state index in [1.807, 2.05) is 36.9 Å². The molecule has 1 aliphatic rings. The summed E-state index contributed by atoms with van der Waals surface area (Å²) in [6, 6.07) is 10.2. The fraction of sp³-hybridized carbons (Fsp3) is 0.400. The first-order valence-corrected chi connectivity index (χ1v) is 11.1. The van der Waals surface area contributed by atoms with Crippen molar-refractivity contribution in [2.75, 3.05) is 32.2 Å². The van der Waals surface area contributed by atoms with E-state index in [1.165, 1.54) is 24.8 Å². The van der Waals surface area contributed by atoms with Crippen molar-refractivity contribution in [1.29, 1.82) is 0 Å². The molecule has 1 aromatic carbocycles. The summed E-state index contributed by atoms with van der Waals surface area (Å²) in [6.07, 6.45) is 11.3. The van der Waals surface area contributed by atoms with E-state index in [4.69, 9.17) is 9.47 Å². The quantitative estimate of drug-likeness (QED) is 0.504. The van der Waals surface area contributed by atoms with E-state index in [9.17, 15) is 0 Å². The van der Waals surface area contributed by atoms with Crippen molar-refractivity contribution >= 4 is 5.95 Å². The lowest BCUT2D eigenvalue weighted by Gasteiger charge is -2.27. The molecule has 0 unspecified atom stereocenters. The summed E-state index contributed by atoms with van der Waals surface area (Å²) in [7, 11) is 3.32. The largest absolute Gasteiger partial charge is 0.493 e. The number of hydrogen-bond donors (Lipinski definition) is 0. The molecule has 1 aliphatic heterocycles. The Morgan fingerprint density at radius 3 is 2.12 bits per heavy atom. The highest BCUT2D eigenvalue weighted by atomic mass is 16.5. The fourth-order valence-corrected chi connectivity index (χ4v) is 4.10. The first-order valence-electron chi connectivity index (χ1n) is 11.1. The molecule has 0 radical (unpaired) electrons. The van der Waals surface area contributed by atoms with Crippen LogP contribution >= 0.6 is 0 Å². The zero-order chi connectivity index (χ0) is 22.2. The fourth-order valence-electron chi connectivity index (χ4n) is 4.10. The maximum atomic E-state index is 5.49. The smallest absolute Gasteiger partial charge is 0.225 e. The molecule has 0 aliphatic carbocycles. The molecule has 1 saturated heterocycles. The van der Waals surface area contributed by atoms with Gasteiger partial charge in [-0.15, -0.1) is 0 Å². The van der Waals surface area contributed by atoms with Crippen molar-refractivity contribution in [2.24, 2.45) is 0 Å². The van der Waals surface area contributed by atoms with Gasteiger partial charge in [-0.25, -0.2) is 9.97 Å². The number of ether oxygens (including phenoxy) is 2. The van der Waals surface area contributed by atoms with Crippen molar-refractivity contribution in [2.45, 2.75) is 38.9 Å². The van der Waals surface area contributed by atoms with Crippen LogP contribution < -0.4 is 14.4 Å². The van der Waals surface area contributed by atoms with Crippen molar-refractivity contribution in [3.63, 3.8) is 0 Å². The summed E-state index contributed by atoms with van der Waals surface area (Å²) in [6.45, 7) is 4.40. The van der Waals surface area contributed by atoms with E-state index in [2.05, 4.69) is 43.0 Å². The third-order valence-electron chi connectivity index (χ3n) is 5.75. The van der Waals surface area contributed by atoms with E-state index in [1.54, 1.807) is 14.2 Å². The Bertz CT molecular complexity index is 975. The average Bonchev–Trinajstić information content (AvgIpc) is 2.85. The van der Waals surface area contributed by atoms with Crippen LogP contribution in [-0.2, 0) is 19.6 Å². The van der Waals surface area contributed by atoms with E-state index in [0.717, 1.165) is 61.3 Å². The van der Waals surface area contributed by atoms with Crippen LogP contribution in [0.2, 0.25) is 0 Å². The molecule has 0 amide bonds. The molecule has 0 spiro atoms. The highest BCUT2D eigenvalue weighted by molar-refractivity contribution is 5.43. The first kappa shape index (κ1) is 22.0. The molecule has 7 heteroatoms. The summed E-state index contributed by atoms with van der Waals surface area (Å²) in [5, 5.41) is 0. The molecule has 4 rings (SSSR count). The predicted octanol–water partition coefficient (Wildman–Crippen LogP) is 4.08. The van der Waals surface area contributed by atoms with Crippen molar-refractivity contribution in [1.82, 2.24) is 19.9 Å². The van der Waals surface area contributed by atoms with Crippen LogP contribution in [0.1, 0.15) is 36.0 Å². The van der Waals surface area contributed by atoms with Crippen molar-refractivity contribution in [3.05, 3.63) is 71.8 Å². The minimum absolute atomic E-state index is 0.735. The number of anilines is 1. The van der Waals surface area contributed by atoms with Gasteiger partial charge < -0.3 is 14.4 Å². The van der Waals surface area contributed by atoms with Crippen LogP contribution in [0.15, 0.2) is 55.1 Å². The van der Waals surface area contributed by atoms with Gasteiger partial charge in [0.05, 0.1) is 14.2 Å². The maximum Gasteiger partial charge on any atom is 0.225 e. The lowest BCUT2D eigenvalue weighted by Crippen LogP contribution is -2.31. The number of rotatable bonds is 9. The molecule has 2 aromatic heterocycles. The number of aromatic nitrogens is 3. The van der Waals surface area contributed by atoms with Crippen LogP contribution in [0.5, 0.6) is 11.5 Å². The maximum absolute atomic E-state index is 5.49. The Kier molecular flexibility index (Phi) is 7.51. The van der Waals surface area contributed by atoms with E-state index < -0.39 is 0 Å². The van der Waals surface area contributed by atoms with Gasteiger partial charge in [-0.1, -0.05) is 6.07 Å². The summed E-state index contributed by atoms with van der Waals surface area (Å²) in [5.41, 5.74) is 3.47. The van der Waals surface area contributed by atoms with Gasteiger partial charge in [0.25, 0.3) is 0 Å². The van der Waals surface area contributed by atoms with Gasteiger partial charge in [0, 0.05) is 63.1 Å². The number of hydrogen-bond acceptors (Lipinski definition) is 7. The van der Waals surface area contributed by atoms with Gasteiger partial charge in [-0.3, -0.25) is 9.88 Å². The van der Waals surface area contributed by atoms with Gasteiger partial charge in [-0.2, -0.15) is 0 Å². The molecule has 0 atom stereocenters. The normalized spacial score (nSPS) is 13.9. The van der Waals surface area contributed by atoms with Crippen LogP contribution in [0.25, 0.3) is 0 Å². The van der Waals surface area contributed by atoms with Crippen LogP contribution in [0.4, 0.5) is 5.95 Å². The molecule has 3 aromatic rings. The lowest BCUT2D eigenvalue weighted by molar-refractivity contribution is 0.246. The molecule has 1 fully saturated rings. The molecule has 3 heterocycles. The Balaban J connectivity index is 1.50. The Morgan fingerprint density at radius 2 is 1.44 bits per heavy atom. The second-order valence-corrected chi connectivity index (χ2v) is 8.13. The number of methoxy groups -OCH3 is 2. The molecule has 0 saturated carbocycles. The summed E-state index contributed by atoms with van der Waals surface area (Å²) < 4.78 is 10.9. The summed E-state index contributed by atoms with van der Waals surface area (Å²) in [5.74, 6) is 2.32. The third-order valence-corrected chi connectivity index (χ3v) is 5.75. The zero-order valence-electron chi connectivity index (χ0n) is 18.9. The Morgan fingerprint density at radius 1 is 0.781 bits per heavy atom. The minimum atomic E-state index is 0.735. The molecule has 7 nitrogen and oxygen atoms in total. The highest BCUT2D eigenvalue weighted by Gasteiger charge is 2.15. The molecule has 32 heavy (non-hydrogen) atoms. The van der Waals surface area contributed by atoms with Crippen molar-refractivity contribution < 1.29 is 9.47 Å². The first-order chi connectivity index (χ1) is 15.7. The minimum Gasteiger partial charge on any atom is -0.493 e. The van der Waals surface area contributed by atoms with E-state index in [0.29, 0.717) is 0 Å². The zero-order valence-corrected chi connectivity index (χ0v) is 18.9. The standard InChI is InChI=1S/C25H31N5O2/c1-31-23-7-6-21(14-24(23)32-2)18-29(17-20-8-10-26-11-9-20)19-22-15-27-25(28-16-22)30-12-4-3-5-13-30/h6-11,14-16H,3-5,12-13,17-19H2,1-2H3. The lowest BCUT2D eigenvalue weighted by atomic mass is 10.1. The molecule has 0 bridgehead atoms. The Hall–Kier alpha value is -3.19. The Labute approximate surface area is 190 Å². The summed E-state index contributed by atoms with van der Waals surface area (Å²) in [4.78, 5) is 18.1. The number of pyridine rings is 1. The number of nitrogens with zero attached hydrogens (tertiary/aromatic N) is 5. The van der Waals surface area contributed by atoms with Gasteiger partial charge in [0.1, 0.15) is 0 Å². The highest BCUT2D eigenvalue weighted by Crippen LogP contribution is 2.28. The average molecular weight is 434 g/mol. The third kappa shape index (κ3) is 5.73. The second kappa shape index (κ2) is 10.9. The van der Waals surface area contributed by atoms with Crippen molar-refractivity contribution in [3.8, 4) is 11.5 Å². The molecule has 0 N–H and O–H groups in total. The van der Waals surface area contributed by atoms with Crippen LogP contribution in [-0.4, -0.2) is 47.2 Å². The molecular weight excluding hydrogens is 402 g/mol. The topological polar surface area (TPSA) is 63.6 Å².